The molecule has 2 N–H and O–H groups in total. The lowest BCUT2D eigenvalue weighted by molar-refractivity contribution is 0.0653. The fourth-order valence-electron chi connectivity index (χ4n) is 5.13. The summed E-state index contributed by atoms with van der Waals surface area (Å²) in [7, 11) is 0. The summed E-state index contributed by atoms with van der Waals surface area (Å²) in [6.45, 7) is 4.00. The highest BCUT2D eigenvalue weighted by Gasteiger charge is 2.16. The van der Waals surface area contributed by atoms with Crippen LogP contribution in [0, 0.1) is 13.8 Å². The standard InChI is InChI=1S/C36H26N2O10/c1-19-12-13-22(18-46-27-9-5-11-29-33(27)25(40)16-31(48-29)36(43)44)20(2)34(19)38-37-23-7-3-6-21(14-23)17-45-26-8-4-10-28-32(26)24(39)15-30(47-28)35(41)42/h3-16H,17-18H2,1-2H3,(H,41,42)(H,43,44)/b38-37+. The second kappa shape index (κ2) is 13.0. The molecule has 4 aromatic carbocycles. The molecule has 12 heteroatoms. The Hall–Kier alpha value is -6.56. The zero-order chi connectivity index (χ0) is 33.9. The molecule has 0 unspecified atom stereocenters. The van der Waals surface area contributed by atoms with Crippen LogP contribution in [0.4, 0.5) is 11.4 Å². The quantitative estimate of drug-likeness (QED) is 0.142. The number of ether oxygens (including phenoxy) is 2. The highest BCUT2D eigenvalue weighted by atomic mass is 16.5. The van der Waals surface area contributed by atoms with Crippen molar-refractivity contribution in [1.29, 1.82) is 0 Å². The fraction of sp³-hybridized carbons (Fsp3) is 0.111. The smallest absolute Gasteiger partial charge is 0.371 e. The van der Waals surface area contributed by atoms with Gasteiger partial charge in [-0.3, -0.25) is 9.59 Å². The summed E-state index contributed by atoms with van der Waals surface area (Å²) in [5.41, 5.74) is 3.62. The Kier molecular flexibility index (Phi) is 8.54. The number of fused-ring (bicyclic) bond motifs is 2. The molecule has 0 spiro atoms. The zero-order valence-electron chi connectivity index (χ0n) is 25.6. The van der Waals surface area contributed by atoms with Gasteiger partial charge in [-0.25, -0.2) is 9.59 Å². The molecule has 12 nitrogen and oxygen atoms in total. The number of carboxylic acids is 2. The van der Waals surface area contributed by atoms with Crippen molar-refractivity contribution in [2.45, 2.75) is 27.1 Å². The highest BCUT2D eigenvalue weighted by molar-refractivity contribution is 5.90. The lowest BCUT2D eigenvalue weighted by Crippen LogP contribution is -2.08. The van der Waals surface area contributed by atoms with E-state index in [0.29, 0.717) is 11.4 Å². The maximum Gasteiger partial charge on any atom is 0.371 e. The number of carbonyl (C=O) groups is 2. The minimum Gasteiger partial charge on any atom is -0.488 e. The summed E-state index contributed by atoms with van der Waals surface area (Å²) in [4.78, 5) is 47.9. The average molecular weight is 647 g/mol. The normalized spacial score (nSPS) is 11.3. The van der Waals surface area contributed by atoms with Gasteiger partial charge in [0.2, 0.25) is 11.5 Å². The predicted molar refractivity (Wildman–Crippen MR) is 174 cm³/mol. The summed E-state index contributed by atoms with van der Waals surface area (Å²) in [5, 5.41) is 27.7. The van der Waals surface area contributed by atoms with Crippen molar-refractivity contribution in [3.63, 3.8) is 0 Å². The Bertz CT molecular complexity index is 2390. The van der Waals surface area contributed by atoms with Crippen molar-refractivity contribution in [3.05, 3.63) is 139 Å². The topological polar surface area (TPSA) is 178 Å². The predicted octanol–water partition coefficient (Wildman–Crippen LogP) is 7.49. The maximum atomic E-state index is 12.7. The van der Waals surface area contributed by atoms with E-state index in [1.165, 1.54) is 12.1 Å². The second-order valence-corrected chi connectivity index (χ2v) is 10.8. The molecule has 0 aliphatic rings. The van der Waals surface area contributed by atoms with Gasteiger partial charge in [0.05, 0.1) is 11.4 Å². The van der Waals surface area contributed by atoms with E-state index in [2.05, 4.69) is 10.2 Å². The molecule has 0 aliphatic heterocycles. The second-order valence-electron chi connectivity index (χ2n) is 10.8. The highest BCUT2D eigenvalue weighted by Crippen LogP contribution is 2.31. The van der Waals surface area contributed by atoms with E-state index in [1.807, 2.05) is 32.0 Å². The van der Waals surface area contributed by atoms with E-state index in [1.54, 1.807) is 42.5 Å². The van der Waals surface area contributed by atoms with E-state index in [9.17, 15) is 29.4 Å². The third kappa shape index (κ3) is 6.40. The van der Waals surface area contributed by atoms with Crippen molar-refractivity contribution in [2.24, 2.45) is 10.2 Å². The van der Waals surface area contributed by atoms with Gasteiger partial charge in [-0.05, 0) is 72.5 Å². The van der Waals surface area contributed by atoms with Gasteiger partial charge >= 0.3 is 11.9 Å². The third-order valence-corrected chi connectivity index (χ3v) is 7.55. The Morgan fingerprint density at radius 2 is 1.25 bits per heavy atom. The Labute approximate surface area is 271 Å². The van der Waals surface area contributed by atoms with E-state index in [0.717, 1.165) is 34.4 Å². The summed E-state index contributed by atoms with van der Waals surface area (Å²) in [6.07, 6.45) is 0. The monoisotopic (exact) mass is 646 g/mol. The van der Waals surface area contributed by atoms with Crippen molar-refractivity contribution in [1.82, 2.24) is 0 Å². The molecular weight excluding hydrogens is 620 g/mol. The zero-order valence-corrected chi connectivity index (χ0v) is 25.6. The van der Waals surface area contributed by atoms with Gasteiger partial charge in [-0.1, -0.05) is 36.4 Å². The van der Waals surface area contributed by atoms with Crippen LogP contribution in [0.15, 0.2) is 114 Å². The first-order chi connectivity index (χ1) is 23.1. The van der Waals surface area contributed by atoms with Crippen LogP contribution in [0.5, 0.6) is 11.5 Å². The first-order valence-electron chi connectivity index (χ1n) is 14.5. The molecule has 48 heavy (non-hydrogen) atoms. The van der Waals surface area contributed by atoms with Gasteiger partial charge in [-0.15, -0.1) is 5.11 Å². The number of nitrogens with zero attached hydrogens (tertiary/aromatic N) is 2. The molecule has 6 rings (SSSR count). The van der Waals surface area contributed by atoms with Gasteiger partial charge in [0.15, 0.2) is 10.9 Å². The van der Waals surface area contributed by atoms with Crippen LogP contribution >= 0.6 is 0 Å². The molecule has 2 heterocycles. The summed E-state index contributed by atoms with van der Waals surface area (Å²) >= 11 is 0. The number of hydrogen-bond acceptors (Lipinski definition) is 10. The van der Waals surface area contributed by atoms with Crippen LogP contribution in [-0.2, 0) is 13.2 Å². The van der Waals surface area contributed by atoms with Gasteiger partial charge in [0, 0.05) is 12.1 Å². The molecule has 0 amide bonds. The Balaban J connectivity index is 1.19. The number of benzene rings is 4. The maximum absolute atomic E-state index is 12.7. The third-order valence-electron chi connectivity index (χ3n) is 7.55. The molecule has 6 aromatic rings. The van der Waals surface area contributed by atoms with Crippen LogP contribution in [0.3, 0.4) is 0 Å². The molecule has 0 saturated carbocycles. The lowest BCUT2D eigenvalue weighted by Gasteiger charge is -2.13. The van der Waals surface area contributed by atoms with Crippen LogP contribution < -0.4 is 20.3 Å². The molecule has 2 aromatic heterocycles. The molecule has 0 radical (unpaired) electrons. The lowest BCUT2D eigenvalue weighted by atomic mass is 10.0. The van der Waals surface area contributed by atoms with Crippen molar-refractivity contribution in [3.8, 4) is 11.5 Å². The minimum atomic E-state index is -1.34. The average Bonchev–Trinajstić information content (AvgIpc) is 3.06. The minimum absolute atomic E-state index is 0.0949. The van der Waals surface area contributed by atoms with Gasteiger partial charge < -0.3 is 28.5 Å². The number of aryl methyl sites for hydroxylation is 1. The Morgan fingerprint density at radius 1 is 0.688 bits per heavy atom. The van der Waals surface area contributed by atoms with Crippen LogP contribution in [0.1, 0.15) is 43.4 Å². The van der Waals surface area contributed by atoms with Crippen LogP contribution in [-0.4, -0.2) is 22.2 Å². The van der Waals surface area contributed by atoms with E-state index in [4.69, 9.17) is 18.3 Å². The van der Waals surface area contributed by atoms with Crippen LogP contribution in [0.2, 0.25) is 0 Å². The molecule has 0 bridgehead atoms. The molecular formula is C36H26N2O10. The molecule has 0 aliphatic carbocycles. The summed E-state index contributed by atoms with van der Waals surface area (Å²) in [5.74, 6) is -3.08. The first-order valence-corrected chi connectivity index (χ1v) is 14.5. The summed E-state index contributed by atoms with van der Waals surface area (Å²) < 4.78 is 22.6. The molecule has 240 valence electrons. The van der Waals surface area contributed by atoms with Gasteiger partial charge in [0.25, 0.3) is 0 Å². The van der Waals surface area contributed by atoms with E-state index >= 15 is 0 Å². The largest absolute Gasteiger partial charge is 0.488 e. The number of rotatable bonds is 10. The number of aromatic carboxylic acids is 2. The van der Waals surface area contributed by atoms with Gasteiger partial charge in [0.1, 0.15) is 46.7 Å². The van der Waals surface area contributed by atoms with Gasteiger partial charge in [-0.2, -0.15) is 5.11 Å². The Morgan fingerprint density at radius 3 is 1.83 bits per heavy atom. The first kappa shape index (κ1) is 31.4. The number of azo groups is 1. The number of carboxylic acid groups (broad SMARTS) is 2. The van der Waals surface area contributed by atoms with Crippen LogP contribution in [0.25, 0.3) is 21.9 Å². The van der Waals surface area contributed by atoms with Crippen molar-refractivity contribution >= 4 is 45.3 Å². The SMILES string of the molecule is Cc1ccc(COc2cccc3oc(C(=O)O)cc(=O)c23)c(C)c1/N=N/c1cccc(COc2cccc3oc(C(=O)O)cc(=O)c23)c1. The van der Waals surface area contributed by atoms with E-state index in [-0.39, 0.29) is 46.7 Å². The summed E-state index contributed by atoms with van der Waals surface area (Å²) in [6, 6.07) is 22.3. The van der Waals surface area contributed by atoms with Crippen molar-refractivity contribution in [2.75, 3.05) is 0 Å². The molecule has 0 fully saturated rings. The fourth-order valence-corrected chi connectivity index (χ4v) is 5.13. The molecule has 0 saturated heterocycles. The van der Waals surface area contributed by atoms with Crippen molar-refractivity contribution < 1.29 is 38.1 Å². The molecule has 0 atom stereocenters. The number of hydrogen-bond donors (Lipinski definition) is 2. The van der Waals surface area contributed by atoms with E-state index < -0.39 is 34.3 Å².